The lowest BCUT2D eigenvalue weighted by molar-refractivity contribution is -0.117. The summed E-state index contributed by atoms with van der Waals surface area (Å²) in [5.41, 5.74) is 3.90. The molecule has 7 heteroatoms. The molecule has 1 aliphatic rings. The Balaban J connectivity index is 1.44. The summed E-state index contributed by atoms with van der Waals surface area (Å²) in [4.78, 5) is 15.8. The van der Waals surface area contributed by atoms with Gasteiger partial charge in [0.2, 0.25) is 5.91 Å². The van der Waals surface area contributed by atoms with Crippen LogP contribution in [0.15, 0.2) is 103 Å². The number of hydrogen-bond donors (Lipinski definition) is 0. The second-order valence-corrected chi connectivity index (χ2v) is 18.8. The molecule has 0 aliphatic carbocycles. The van der Waals surface area contributed by atoms with E-state index in [1.165, 1.54) is 12.1 Å². The largest absolute Gasteiger partial charge is 0.497 e. The monoisotopic (exact) mass is 653 g/mol. The average molecular weight is 654 g/mol. The van der Waals surface area contributed by atoms with Gasteiger partial charge >= 0.3 is 0 Å². The van der Waals surface area contributed by atoms with Crippen LogP contribution in [0.1, 0.15) is 75.3 Å². The molecule has 0 N–H and O–H groups in total. The standard InChI is InChI=1S/C40H48FNO4Si/c1-40(2,3)47(5,6)46-36(30-20-22-32(41)23-21-30)19-13-16-31-26-38(43)42(33-17-11-8-12-18-33)39(31)35-25-24-34(44-4)27-37(35)45-28-29-14-9-7-10-15-29/h7-12,14-15,17-18,20-25,27,31,36,39H,13,16,19,26,28H2,1-6H3/t31-,36-,39+/m1/s1. The number of amides is 1. The lowest BCUT2D eigenvalue weighted by atomic mass is 9.87. The summed E-state index contributed by atoms with van der Waals surface area (Å²) < 4.78 is 32.9. The Bertz CT molecular complexity index is 1610. The van der Waals surface area contributed by atoms with Gasteiger partial charge in [0.1, 0.15) is 23.9 Å². The maximum absolute atomic E-state index is 13.9. The highest BCUT2D eigenvalue weighted by molar-refractivity contribution is 6.74. The fraction of sp³-hybridized carbons (Fsp3) is 0.375. The summed E-state index contributed by atoms with van der Waals surface area (Å²) in [6, 6.07) is 32.4. The van der Waals surface area contributed by atoms with E-state index < -0.39 is 8.32 Å². The maximum Gasteiger partial charge on any atom is 0.227 e. The maximum atomic E-state index is 13.9. The van der Waals surface area contributed by atoms with E-state index in [-0.39, 0.29) is 34.8 Å². The number of carbonyl (C=O) groups is 1. The molecule has 0 aromatic heterocycles. The third-order valence-corrected chi connectivity index (χ3v) is 14.3. The summed E-state index contributed by atoms with van der Waals surface area (Å²) in [5, 5.41) is 0.0367. The van der Waals surface area contributed by atoms with Crippen molar-refractivity contribution in [3.8, 4) is 11.5 Å². The molecular weight excluding hydrogens is 606 g/mol. The summed E-state index contributed by atoms with van der Waals surface area (Å²) in [7, 11) is -0.466. The smallest absolute Gasteiger partial charge is 0.227 e. The zero-order chi connectivity index (χ0) is 33.6. The number of rotatable bonds is 13. The Morgan fingerprint density at radius 2 is 1.57 bits per heavy atom. The number of benzene rings is 4. The lowest BCUT2D eigenvalue weighted by Gasteiger charge is -2.39. The fourth-order valence-corrected chi connectivity index (χ4v) is 7.48. The van der Waals surface area contributed by atoms with Gasteiger partial charge in [0, 0.05) is 23.7 Å². The highest BCUT2D eigenvalue weighted by Crippen LogP contribution is 2.48. The molecule has 1 aliphatic heterocycles. The first kappa shape index (κ1) is 34.4. The Labute approximate surface area is 280 Å². The number of methoxy groups -OCH3 is 1. The van der Waals surface area contributed by atoms with E-state index in [4.69, 9.17) is 13.9 Å². The van der Waals surface area contributed by atoms with Gasteiger partial charge in [-0.2, -0.15) is 0 Å². The van der Waals surface area contributed by atoms with Crippen LogP contribution in [0.3, 0.4) is 0 Å². The lowest BCUT2D eigenvalue weighted by Crippen LogP contribution is -2.41. The van der Waals surface area contributed by atoms with Gasteiger partial charge in [-0.25, -0.2) is 4.39 Å². The van der Waals surface area contributed by atoms with Crippen molar-refractivity contribution in [3.05, 3.63) is 126 Å². The van der Waals surface area contributed by atoms with E-state index in [0.717, 1.165) is 41.6 Å². The van der Waals surface area contributed by atoms with Gasteiger partial charge in [-0.15, -0.1) is 0 Å². The van der Waals surface area contributed by atoms with Crippen LogP contribution in [0, 0.1) is 11.7 Å². The number of para-hydroxylation sites is 1. The van der Waals surface area contributed by atoms with Crippen LogP contribution in [0.5, 0.6) is 11.5 Å². The van der Waals surface area contributed by atoms with E-state index in [1.807, 2.05) is 95.9 Å². The molecule has 4 aromatic rings. The predicted octanol–water partition coefficient (Wildman–Crippen LogP) is 10.4. The van der Waals surface area contributed by atoms with Gasteiger partial charge in [0.15, 0.2) is 8.32 Å². The molecular formula is C40H48FNO4Si. The van der Waals surface area contributed by atoms with Gasteiger partial charge in [0.25, 0.3) is 0 Å². The molecule has 1 heterocycles. The summed E-state index contributed by atoms with van der Waals surface area (Å²) in [5.74, 6) is 1.32. The van der Waals surface area contributed by atoms with Crippen LogP contribution in [0.25, 0.3) is 0 Å². The van der Waals surface area contributed by atoms with Crippen LogP contribution >= 0.6 is 0 Å². The van der Waals surface area contributed by atoms with Gasteiger partial charge in [-0.3, -0.25) is 4.79 Å². The zero-order valence-electron chi connectivity index (χ0n) is 28.5. The van der Waals surface area contributed by atoms with Crippen molar-refractivity contribution in [1.82, 2.24) is 0 Å². The molecule has 1 saturated heterocycles. The van der Waals surface area contributed by atoms with Crippen LogP contribution in [0.4, 0.5) is 10.1 Å². The molecule has 1 fully saturated rings. The number of nitrogens with zero attached hydrogens (tertiary/aromatic N) is 1. The molecule has 5 rings (SSSR count). The second-order valence-electron chi connectivity index (χ2n) is 14.0. The third kappa shape index (κ3) is 8.32. The Kier molecular flexibility index (Phi) is 10.9. The van der Waals surface area contributed by atoms with Crippen LogP contribution in [0.2, 0.25) is 18.1 Å². The number of hydrogen-bond acceptors (Lipinski definition) is 4. The molecule has 0 bridgehead atoms. The van der Waals surface area contributed by atoms with Crippen molar-refractivity contribution < 1.29 is 23.1 Å². The van der Waals surface area contributed by atoms with E-state index >= 15 is 0 Å². The SMILES string of the molecule is COc1ccc([C@@H]2[C@H](CCC[C@@H](O[Si](C)(C)C(C)(C)C)c3ccc(F)cc3)CC(=O)N2c2ccccc2)c(OCc2ccccc2)c1. The van der Waals surface area contributed by atoms with E-state index in [9.17, 15) is 9.18 Å². The third-order valence-electron chi connectivity index (χ3n) is 9.77. The van der Waals surface area contributed by atoms with Crippen molar-refractivity contribution >= 4 is 19.9 Å². The molecule has 0 unspecified atom stereocenters. The van der Waals surface area contributed by atoms with Gasteiger partial charge in [0.05, 0.1) is 19.3 Å². The Hall–Kier alpha value is -3.94. The first-order valence-electron chi connectivity index (χ1n) is 16.6. The Morgan fingerprint density at radius 3 is 2.21 bits per heavy atom. The molecule has 0 spiro atoms. The molecule has 0 radical (unpaired) electrons. The molecule has 0 saturated carbocycles. The zero-order valence-corrected chi connectivity index (χ0v) is 29.5. The van der Waals surface area contributed by atoms with Crippen molar-refractivity contribution in [3.63, 3.8) is 0 Å². The predicted molar refractivity (Wildman–Crippen MR) is 190 cm³/mol. The minimum Gasteiger partial charge on any atom is -0.497 e. The first-order valence-corrected chi connectivity index (χ1v) is 19.5. The van der Waals surface area contributed by atoms with E-state index in [2.05, 4.69) is 33.9 Å². The first-order chi connectivity index (χ1) is 22.5. The minimum absolute atomic E-state index is 0.0367. The van der Waals surface area contributed by atoms with Crippen LogP contribution in [-0.2, 0) is 15.8 Å². The molecule has 5 nitrogen and oxygen atoms in total. The normalized spacial score (nSPS) is 17.5. The van der Waals surface area contributed by atoms with Crippen molar-refractivity contribution in [1.29, 1.82) is 0 Å². The van der Waals surface area contributed by atoms with E-state index in [1.54, 1.807) is 7.11 Å². The van der Waals surface area contributed by atoms with Crippen molar-refractivity contribution in [2.24, 2.45) is 5.92 Å². The summed E-state index contributed by atoms with van der Waals surface area (Å²) >= 11 is 0. The fourth-order valence-electron chi connectivity index (χ4n) is 6.16. The van der Waals surface area contributed by atoms with Crippen LogP contribution < -0.4 is 14.4 Å². The van der Waals surface area contributed by atoms with Crippen LogP contribution in [-0.4, -0.2) is 21.3 Å². The van der Waals surface area contributed by atoms with Gasteiger partial charge in [-0.1, -0.05) is 87.9 Å². The molecule has 1 amide bonds. The summed E-state index contributed by atoms with van der Waals surface area (Å²) in [6.07, 6.45) is 2.74. The molecule has 4 aromatic carbocycles. The van der Waals surface area contributed by atoms with E-state index in [0.29, 0.717) is 24.5 Å². The second kappa shape index (κ2) is 14.9. The van der Waals surface area contributed by atoms with Gasteiger partial charge < -0.3 is 18.8 Å². The molecule has 47 heavy (non-hydrogen) atoms. The number of carbonyl (C=O) groups excluding carboxylic acids is 1. The molecule has 3 atom stereocenters. The quantitative estimate of drug-likeness (QED) is 0.135. The van der Waals surface area contributed by atoms with Gasteiger partial charge in [-0.05, 0) is 84.4 Å². The number of halogens is 1. The van der Waals surface area contributed by atoms with Crippen molar-refractivity contribution in [2.75, 3.05) is 12.0 Å². The topological polar surface area (TPSA) is 48.0 Å². The number of ether oxygens (including phenoxy) is 2. The Morgan fingerprint density at radius 1 is 0.915 bits per heavy atom. The average Bonchev–Trinajstić information content (AvgIpc) is 3.39. The summed E-state index contributed by atoms with van der Waals surface area (Å²) in [6.45, 7) is 11.6. The van der Waals surface area contributed by atoms with Crippen molar-refractivity contribution in [2.45, 2.75) is 83.3 Å². The highest BCUT2D eigenvalue weighted by atomic mass is 28.4. The molecule has 248 valence electrons. The number of anilines is 1. The minimum atomic E-state index is -2.12. The highest BCUT2D eigenvalue weighted by Gasteiger charge is 2.43.